The van der Waals surface area contributed by atoms with Crippen molar-refractivity contribution in [3.05, 3.63) is 59.3 Å². The molecule has 1 aliphatic heterocycles. The van der Waals surface area contributed by atoms with Crippen molar-refractivity contribution in [1.82, 2.24) is 14.6 Å². The molecule has 4 N–H and O–H groups in total. The van der Waals surface area contributed by atoms with Gasteiger partial charge in [0, 0.05) is 19.3 Å². The molecule has 1 unspecified atom stereocenters. The third-order valence-corrected chi connectivity index (χ3v) is 10.3. The van der Waals surface area contributed by atoms with Gasteiger partial charge in [0.2, 0.25) is 0 Å². The van der Waals surface area contributed by atoms with Gasteiger partial charge in [0.05, 0.1) is 49.4 Å². The number of ether oxygens (including phenoxy) is 2. The van der Waals surface area contributed by atoms with Crippen LogP contribution in [0.2, 0.25) is 0 Å². The van der Waals surface area contributed by atoms with Gasteiger partial charge < -0.3 is 25.2 Å². The summed E-state index contributed by atoms with van der Waals surface area (Å²) in [5, 5.41) is 34.2. The van der Waals surface area contributed by atoms with E-state index in [4.69, 9.17) is 24.3 Å². The Morgan fingerprint density at radius 2 is 1.76 bits per heavy atom. The number of nitrogens with zero attached hydrogens (tertiary/aromatic N) is 5. The highest BCUT2D eigenvalue weighted by Crippen LogP contribution is 2.46. The van der Waals surface area contributed by atoms with Crippen LogP contribution in [0, 0.1) is 40.3 Å². The van der Waals surface area contributed by atoms with E-state index >= 15 is 0 Å². The molecule has 4 rings (SSSR count). The van der Waals surface area contributed by atoms with Crippen molar-refractivity contribution in [2.45, 2.75) is 134 Å². The minimum Gasteiger partial charge on any atom is -0.390 e. The van der Waals surface area contributed by atoms with Gasteiger partial charge in [0.15, 0.2) is 11.4 Å². The molecule has 0 spiro atoms. The molecule has 0 saturated carbocycles. The summed E-state index contributed by atoms with van der Waals surface area (Å²) in [6.07, 6.45) is 13.7. The Bertz CT molecular complexity index is 1840. The lowest BCUT2D eigenvalue weighted by Gasteiger charge is -2.22. The summed E-state index contributed by atoms with van der Waals surface area (Å²) >= 11 is 0. The molecule has 3 heterocycles. The van der Waals surface area contributed by atoms with Crippen LogP contribution in [-0.4, -0.2) is 56.1 Å². The zero-order valence-electron chi connectivity index (χ0n) is 31.0. The summed E-state index contributed by atoms with van der Waals surface area (Å²) in [5.41, 5.74) is 5.57. The Hall–Kier alpha value is -3.90. The number of aromatic nitrogens is 3. The van der Waals surface area contributed by atoms with Gasteiger partial charge in [0.25, 0.3) is 0 Å². The maximum atomic E-state index is 14.0. The van der Waals surface area contributed by atoms with Crippen LogP contribution in [0.3, 0.4) is 0 Å². The van der Waals surface area contributed by atoms with Crippen molar-refractivity contribution in [3.8, 4) is 24.0 Å². The first-order valence-electron chi connectivity index (χ1n) is 18.8. The molecule has 0 amide bonds. The molecule has 0 radical (unpaired) electrons. The summed E-state index contributed by atoms with van der Waals surface area (Å²) in [4.78, 5) is 14.5. The number of hydrogen-bond acceptors (Lipinski definition) is 11. The fourth-order valence-electron chi connectivity index (χ4n) is 6.40. The van der Waals surface area contributed by atoms with E-state index in [9.17, 15) is 29.5 Å². The van der Waals surface area contributed by atoms with Crippen LogP contribution in [0.15, 0.2) is 36.7 Å². The van der Waals surface area contributed by atoms with Gasteiger partial charge >= 0.3 is 7.82 Å². The quantitative estimate of drug-likeness (QED) is 0.0492. The number of halogens is 1. The van der Waals surface area contributed by atoms with Crippen molar-refractivity contribution in [1.29, 1.82) is 10.5 Å². The lowest BCUT2D eigenvalue weighted by atomic mass is 9.96. The summed E-state index contributed by atoms with van der Waals surface area (Å²) in [5.74, 6) is 5.81. The first kappa shape index (κ1) is 42.8. The number of rotatable bonds is 23. The average Bonchev–Trinajstić information content (AvgIpc) is 3.75. The molecular weight excluding hydrogens is 714 g/mol. The van der Waals surface area contributed by atoms with Gasteiger partial charge in [-0.1, -0.05) is 77.6 Å². The Kier molecular flexibility index (Phi) is 17.3. The molecule has 15 heteroatoms. The Labute approximate surface area is 317 Å². The second kappa shape index (κ2) is 21.9. The molecule has 1 fully saturated rings. The standard InChI is InChI=1S/C39H52FN6O7P/c1-2-3-4-5-6-7-8-9-10-11-12-13-14-15-16-17-33(50-25-31-20-30(24-41)21-32(40)22-31)26-51-54(48,49)52-27-36-35(47)23-39(28-42,53-36)37-19-18-34-38(43)44-29-45-46(34)37/h18-22,29,33,35-36,47H,2-14,17,23,25-27H2,1H3,(H,48,49)(H2,43,44,45)/t33-,35+,36-,39+/m1/s1. The van der Waals surface area contributed by atoms with E-state index in [1.807, 2.05) is 6.07 Å². The minimum atomic E-state index is -4.72. The van der Waals surface area contributed by atoms with Gasteiger partial charge in [-0.3, -0.25) is 9.05 Å². The lowest BCUT2D eigenvalue weighted by molar-refractivity contribution is -0.0549. The molecule has 1 aromatic carbocycles. The van der Waals surface area contributed by atoms with Crippen molar-refractivity contribution < 1.29 is 37.5 Å². The predicted octanol–water partition coefficient (Wildman–Crippen LogP) is 7.39. The van der Waals surface area contributed by atoms with Gasteiger partial charge in [-0.2, -0.15) is 15.6 Å². The SMILES string of the molecule is CCCCCCCCCCCCCCC#CC[C@H](COP(=O)(O)OC[C@H]1O[C@@](C#N)(c2ccc3c(N)ncnn23)C[C@@H]1O)OCc1cc(F)cc(C#N)c1. The average molecular weight is 767 g/mol. The van der Waals surface area contributed by atoms with Gasteiger partial charge in [0.1, 0.15) is 29.8 Å². The van der Waals surface area contributed by atoms with Crippen molar-refractivity contribution in [3.63, 3.8) is 0 Å². The van der Waals surface area contributed by atoms with Crippen LogP contribution in [0.25, 0.3) is 5.52 Å². The van der Waals surface area contributed by atoms with Crippen LogP contribution in [0.4, 0.5) is 10.2 Å². The normalized spacial score (nSPS) is 19.8. The van der Waals surface area contributed by atoms with Crippen molar-refractivity contribution in [2.24, 2.45) is 0 Å². The largest absolute Gasteiger partial charge is 0.472 e. The summed E-state index contributed by atoms with van der Waals surface area (Å²) in [6, 6.07) is 11.1. The molecule has 292 valence electrons. The number of hydrogen-bond donors (Lipinski definition) is 3. The van der Waals surface area contributed by atoms with Crippen molar-refractivity contribution in [2.75, 3.05) is 18.9 Å². The van der Waals surface area contributed by atoms with Crippen LogP contribution in [-0.2, 0) is 35.3 Å². The first-order chi connectivity index (χ1) is 26.1. The smallest absolute Gasteiger partial charge is 0.390 e. The maximum Gasteiger partial charge on any atom is 0.472 e. The maximum absolute atomic E-state index is 14.0. The molecular formula is C39H52FN6O7P. The first-order valence-corrected chi connectivity index (χ1v) is 20.3. The lowest BCUT2D eigenvalue weighted by Crippen LogP contribution is -2.29. The van der Waals surface area contributed by atoms with E-state index in [0.717, 1.165) is 18.9 Å². The van der Waals surface area contributed by atoms with Crippen LogP contribution in [0.5, 0.6) is 0 Å². The molecule has 3 aromatic rings. The number of nitrogens with two attached hydrogens (primary N) is 1. The van der Waals surface area contributed by atoms with Gasteiger partial charge in [-0.15, -0.1) is 11.8 Å². The minimum absolute atomic E-state index is 0.0964. The van der Waals surface area contributed by atoms with Crippen molar-refractivity contribution >= 4 is 19.2 Å². The number of fused-ring (bicyclic) bond motifs is 1. The number of phosphoric acid groups is 1. The van der Waals surface area contributed by atoms with Crippen LogP contribution in [0.1, 0.15) is 120 Å². The number of aliphatic hydroxyl groups excluding tert-OH is 1. The molecule has 5 atom stereocenters. The van der Waals surface area contributed by atoms with E-state index in [0.29, 0.717) is 23.2 Å². The van der Waals surface area contributed by atoms with E-state index in [-0.39, 0.29) is 30.8 Å². The van der Waals surface area contributed by atoms with Gasteiger partial charge in [-0.25, -0.2) is 18.5 Å². The number of aliphatic hydroxyl groups is 1. The zero-order chi connectivity index (χ0) is 38.8. The summed E-state index contributed by atoms with van der Waals surface area (Å²) in [7, 11) is -4.72. The number of phosphoric ester groups is 1. The van der Waals surface area contributed by atoms with Crippen LogP contribution >= 0.6 is 7.82 Å². The fourth-order valence-corrected chi connectivity index (χ4v) is 7.16. The van der Waals surface area contributed by atoms with Crippen LogP contribution < -0.4 is 5.73 Å². The van der Waals surface area contributed by atoms with Gasteiger partial charge in [-0.05, 0) is 42.3 Å². The molecule has 1 aliphatic rings. The molecule has 1 saturated heterocycles. The number of unbranched alkanes of at least 4 members (excludes halogenated alkanes) is 12. The zero-order valence-corrected chi connectivity index (χ0v) is 31.9. The van der Waals surface area contributed by atoms with E-state index < -0.39 is 50.8 Å². The highest BCUT2D eigenvalue weighted by molar-refractivity contribution is 7.47. The molecule has 0 aliphatic carbocycles. The molecule has 13 nitrogen and oxygen atoms in total. The molecule has 2 aromatic heterocycles. The monoisotopic (exact) mass is 766 g/mol. The summed E-state index contributed by atoms with van der Waals surface area (Å²) in [6.45, 7) is 1.18. The summed E-state index contributed by atoms with van der Waals surface area (Å²) < 4.78 is 50.7. The predicted molar refractivity (Wildman–Crippen MR) is 200 cm³/mol. The second-order valence-electron chi connectivity index (χ2n) is 13.7. The molecule has 0 bridgehead atoms. The fraction of sp³-hybridized carbons (Fsp3) is 0.590. The van der Waals surface area contributed by atoms with E-state index in [1.165, 1.54) is 87.2 Å². The number of nitriles is 2. The molecule has 54 heavy (non-hydrogen) atoms. The highest BCUT2D eigenvalue weighted by atomic mass is 31.2. The third-order valence-electron chi connectivity index (χ3n) is 9.36. The Morgan fingerprint density at radius 3 is 2.44 bits per heavy atom. The van der Waals surface area contributed by atoms with E-state index in [1.54, 1.807) is 12.1 Å². The number of nitrogen functional groups attached to an aromatic ring is 1. The number of benzene rings is 1. The Morgan fingerprint density at radius 1 is 1.06 bits per heavy atom. The number of anilines is 1. The second-order valence-corrected chi connectivity index (χ2v) is 15.1. The Balaban J connectivity index is 1.26. The topological polar surface area (TPSA) is 198 Å². The van der Waals surface area contributed by atoms with E-state index in [2.05, 4.69) is 34.9 Å². The highest BCUT2D eigenvalue weighted by Gasteiger charge is 2.50. The third kappa shape index (κ3) is 13.1.